The number of carbonyl (C=O) groups is 2. The third-order valence-electron chi connectivity index (χ3n) is 3.08. The maximum atomic E-state index is 12.5. The lowest BCUT2D eigenvalue weighted by molar-refractivity contribution is -0.140. The molecular formula is C19H26N2O5. The van der Waals surface area contributed by atoms with Gasteiger partial charge in [-0.3, -0.25) is 9.69 Å². The molecule has 0 saturated heterocycles. The first kappa shape index (κ1) is 21.2. The van der Waals surface area contributed by atoms with Gasteiger partial charge in [0.25, 0.3) is 0 Å². The average molecular weight is 362 g/mol. The Balaban J connectivity index is 3.03. The van der Waals surface area contributed by atoms with Crippen molar-refractivity contribution in [2.45, 2.75) is 33.3 Å². The Morgan fingerprint density at radius 3 is 2.54 bits per heavy atom. The smallest absolute Gasteiger partial charge is 0.415 e. The van der Waals surface area contributed by atoms with Crippen LogP contribution in [-0.4, -0.2) is 44.5 Å². The summed E-state index contributed by atoms with van der Waals surface area (Å²) in [6.45, 7) is 7.44. The lowest BCUT2D eigenvalue weighted by Gasteiger charge is -2.27. The predicted octanol–water partition coefficient (Wildman–Crippen LogP) is 3.04. The molecule has 0 bridgehead atoms. The summed E-state index contributed by atoms with van der Waals surface area (Å²) < 4.78 is 15.6. The highest BCUT2D eigenvalue weighted by molar-refractivity contribution is 5.91. The third kappa shape index (κ3) is 6.55. The molecule has 26 heavy (non-hydrogen) atoms. The van der Waals surface area contributed by atoms with Crippen molar-refractivity contribution < 1.29 is 23.8 Å². The summed E-state index contributed by atoms with van der Waals surface area (Å²) in [6.07, 6.45) is 4.83. The summed E-state index contributed by atoms with van der Waals surface area (Å²) >= 11 is 0. The van der Waals surface area contributed by atoms with Crippen LogP contribution in [0.15, 0.2) is 18.2 Å². The average Bonchev–Trinajstić information content (AvgIpc) is 2.56. The molecule has 0 atom stereocenters. The van der Waals surface area contributed by atoms with Gasteiger partial charge in [-0.15, -0.1) is 6.42 Å². The number of nitrogens with zero attached hydrogens (tertiary/aromatic N) is 1. The molecule has 0 aliphatic heterocycles. The standard InChI is InChI=1S/C19H26N2O5/c1-7-11-21(18(23)26-19(3,4)5)15-10-9-14(12-16(15)24-6)20-13-17(22)25-8-2/h1,9-10,12,20H,8,11,13H2,2-6H3. The van der Waals surface area contributed by atoms with Crippen LogP contribution in [0.4, 0.5) is 16.2 Å². The van der Waals surface area contributed by atoms with Gasteiger partial charge < -0.3 is 19.5 Å². The molecule has 1 rings (SSSR count). The van der Waals surface area contributed by atoms with E-state index in [4.69, 9.17) is 20.6 Å². The van der Waals surface area contributed by atoms with Gasteiger partial charge in [0, 0.05) is 11.8 Å². The third-order valence-corrected chi connectivity index (χ3v) is 3.08. The zero-order valence-electron chi connectivity index (χ0n) is 15.9. The summed E-state index contributed by atoms with van der Waals surface area (Å²) in [4.78, 5) is 25.2. The van der Waals surface area contributed by atoms with Gasteiger partial charge in [0.1, 0.15) is 17.9 Å². The van der Waals surface area contributed by atoms with Crippen molar-refractivity contribution in [2.75, 3.05) is 37.0 Å². The fraction of sp³-hybridized carbons (Fsp3) is 0.474. The SMILES string of the molecule is C#CCN(C(=O)OC(C)(C)C)c1ccc(NCC(=O)OCC)cc1OC. The molecule has 0 heterocycles. The molecule has 0 fully saturated rings. The molecule has 0 aliphatic rings. The van der Waals surface area contributed by atoms with Crippen LogP contribution in [0, 0.1) is 12.3 Å². The van der Waals surface area contributed by atoms with Crippen LogP contribution in [0.5, 0.6) is 5.75 Å². The number of carbonyl (C=O) groups excluding carboxylic acids is 2. The molecule has 1 aromatic rings. The topological polar surface area (TPSA) is 77.1 Å². The quantitative estimate of drug-likeness (QED) is 0.593. The fourth-order valence-electron chi connectivity index (χ4n) is 2.05. The van der Waals surface area contributed by atoms with Crippen LogP contribution in [0.25, 0.3) is 0 Å². The van der Waals surface area contributed by atoms with Crippen LogP contribution < -0.4 is 15.0 Å². The maximum absolute atomic E-state index is 12.5. The lowest BCUT2D eigenvalue weighted by Crippen LogP contribution is -2.37. The number of ether oxygens (including phenoxy) is 3. The number of hydrogen-bond acceptors (Lipinski definition) is 6. The number of amides is 1. The number of nitrogens with one attached hydrogen (secondary N) is 1. The van der Waals surface area contributed by atoms with E-state index in [0.717, 1.165) is 0 Å². The van der Waals surface area contributed by atoms with Crippen molar-refractivity contribution in [1.29, 1.82) is 0 Å². The Hall–Kier alpha value is -2.88. The minimum atomic E-state index is -0.654. The molecule has 0 spiro atoms. The highest BCUT2D eigenvalue weighted by Crippen LogP contribution is 2.32. The number of terminal acetylenes is 1. The summed E-state index contributed by atoms with van der Waals surface area (Å²) in [6, 6.07) is 5.06. The number of benzene rings is 1. The molecule has 0 saturated carbocycles. The van der Waals surface area contributed by atoms with E-state index in [1.807, 2.05) is 0 Å². The van der Waals surface area contributed by atoms with Gasteiger partial charge in [-0.1, -0.05) is 5.92 Å². The Morgan fingerprint density at radius 1 is 1.31 bits per heavy atom. The van der Waals surface area contributed by atoms with Gasteiger partial charge in [-0.05, 0) is 39.8 Å². The number of rotatable bonds is 7. The first-order chi connectivity index (χ1) is 12.2. The Labute approximate surface area is 154 Å². The van der Waals surface area contributed by atoms with Crippen molar-refractivity contribution >= 4 is 23.4 Å². The van der Waals surface area contributed by atoms with Crippen LogP contribution in [0.1, 0.15) is 27.7 Å². The van der Waals surface area contributed by atoms with Crippen LogP contribution >= 0.6 is 0 Å². The zero-order valence-corrected chi connectivity index (χ0v) is 15.9. The second kappa shape index (κ2) is 9.56. The molecule has 7 nitrogen and oxygen atoms in total. The summed E-state index contributed by atoms with van der Waals surface area (Å²) in [5.41, 5.74) is 0.461. The molecule has 0 radical (unpaired) electrons. The Kier molecular flexibility index (Phi) is 7.78. The first-order valence-electron chi connectivity index (χ1n) is 8.23. The van der Waals surface area contributed by atoms with Crippen molar-refractivity contribution in [3.8, 4) is 18.1 Å². The van der Waals surface area contributed by atoms with Gasteiger partial charge in [0.15, 0.2) is 0 Å². The second-order valence-corrected chi connectivity index (χ2v) is 6.32. The van der Waals surface area contributed by atoms with Gasteiger partial charge in [0.2, 0.25) is 0 Å². The molecule has 1 N–H and O–H groups in total. The number of methoxy groups -OCH3 is 1. The van der Waals surface area contributed by atoms with Crippen LogP contribution in [0.3, 0.4) is 0 Å². The van der Waals surface area contributed by atoms with Crippen molar-refractivity contribution in [3.05, 3.63) is 18.2 Å². The molecule has 7 heteroatoms. The number of anilines is 2. The largest absolute Gasteiger partial charge is 0.494 e. The van der Waals surface area contributed by atoms with E-state index in [1.165, 1.54) is 12.0 Å². The van der Waals surface area contributed by atoms with E-state index in [1.54, 1.807) is 45.9 Å². The van der Waals surface area contributed by atoms with E-state index in [-0.39, 0.29) is 19.1 Å². The minimum Gasteiger partial charge on any atom is -0.494 e. The van der Waals surface area contributed by atoms with E-state index in [2.05, 4.69) is 11.2 Å². The number of hydrogen-bond donors (Lipinski definition) is 1. The zero-order chi connectivity index (χ0) is 19.7. The van der Waals surface area contributed by atoms with Crippen LogP contribution in [-0.2, 0) is 14.3 Å². The molecule has 0 aromatic heterocycles. The lowest BCUT2D eigenvalue weighted by atomic mass is 10.2. The molecule has 1 amide bonds. The fourth-order valence-corrected chi connectivity index (χ4v) is 2.05. The minimum absolute atomic E-state index is 0.0243. The highest BCUT2D eigenvalue weighted by Gasteiger charge is 2.25. The molecule has 142 valence electrons. The second-order valence-electron chi connectivity index (χ2n) is 6.32. The Bertz CT molecular complexity index is 673. The van der Waals surface area contributed by atoms with E-state index < -0.39 is 11.7 Å². The number of esters is 1. The van der Waals surface area contributed by atoms with Gasteiger partial charge in [-0.2, -0.15) is 0 Å². The van der Waals surface area contributed by atoms with E-state index >= 15 is 0 Å². The molecule has 0 aliphatic carbocycles. The highest BCUT2D eigenvalue weighted by atomic mass is 16.6. The molecule has 0 unspecified atom stereocenters. The first-order valence-corrected chi connectivity index (χ1v) is 8.23. The summed E-state index contributed by atoms with van der Waals surface area (Å²) in [7, 11) is 1.48. The van der Waals surface area contributed by atoms with Crippen molar-refractivity contribution in [1.82, 2.24) is 0 Å². The van der Waals surface area contributed by atoms with Crippen molar-refractivity contribution in [2.24, 2.45) is 0 Å². The normalized spacial score (nSPS) is 10.5. The van der Waals surface area contributed by atoms with E-state index in [9.17, 15) is 9.59 Å². The monoisotopic (exact) mass is 362 g/mol. The molecular weight excluding hydrogens is 336 g/mol. The van der Waals surface area contributed by atoms with Gasteiger partial charge in [0.05, 0.1) is 25.9 Å². The molecule has 1 aromatic carbocycles. The van der Waals surface area contributed by atoms with Crippen molar-refractivity contribution in [3.63, 3.8) is 0 Å². The van der Waals surface area contributed by atoms with Crippen LogP contribution in [0.2, 0.25) is 0 Å². The Morgan fingerprint density at radius 2 is 2.00 bits per heavy atom. The predicted molar refractivity (Wildman–Crippen MR) is 101 cm³/mol. The summed E-state index contributed by atoms with van der Waals surface area (Å²) in [5.74, 6) is 2.50. The van der Waals surface area contributed by atoms with E-state index in [0.29, 0.717) is 23.7 Å². The summed E-state index contributed by atoms with van der Waals surface area (Å²) in [5, 5.41) is 2.94. The maximum Gasteiger partial charge on any atom is 0.415 e. The van der Waals surface area contributed by atoms with Gasteiger partial charge in [-0.25, -0.2) is 4.79 Å². The van der Waals surface area contributed by atoms with Gasteiger partial charge >= 0.3 is 12.1 Å².